The Morgan fingerprint density at radius 1 is 1.12 bits per heavy atom. The predicted molar refractivity (Wildman–Crippen MR) is 128 cm³/mol. The summed E-state index contributed by atoms with van der Waals surface area (Å²) in [6, 6.07) is 18.1. The zero-order chi connectivity index (χ0) is 22.8. The minimum Gasteiger partial charge on any atom is -0.459 e. The standard InChI is InChI=1S/C27H28N4O2/c1-18-21-11-6-7-13-24(21)33-25(18)17-31-14-8-12-23(31)26-22(16-28-19(2)30-26)27(32)29-15-20-9-4-3-5-10-20/h3-7,9-11,13,16,23H,8,12,14-15,17H2,1-2H3,(H,29,32). The number of benzene rings is 2. The summed E-state index contributed by atoms with van der Waals surface area (Å²) in [6.45, 7) is 6.09. The molecule has 1 saturated heterocycles. The second-order valence-corrected chi connectivity index (χ2v) is 8.66. The fourth-order valence-corrected chi connectivity index (χ4v) is 4.68. The van der Waals surface area contributed by atoms with Gasteiger partial charge in [0, 0.05) is 18.1 Å². The third kappa shape index (κ3) is 4.39. The average molecular weight is 441 g/mol. The maximum Gasteiger partial charge on any atom is 0.255 e. The number of nitrogens with zero attached hydrogens (tertiary/aromatic N) is 3. The van der Waals surface area contributed by atoms with Gasteiger partial charge in [-0.2, -0.15) is 0 Å². The van der Waals surface area contributed by atoms with Crippen LogP contribution in [0.2, 0.25) is 0 Å². The lowest BCUT2D eigenvalue weighted by molar-refractivity contribution is 0.0946. The van der Waals surface area contributed by atoms with Gasteiger partial charge in [0.15, 0.2) is 0 Å². The molecule has 1 amide bonds. The Balaban J connectivity index is 1.39. The normalized spacial score (nSPS) is 16.4. The van der Waals surface area contributed by atoms with Crippen LogP contribution in [0.5, 0.6) is 0 Å². The molecule has 1 N–H and O–H groups in total. The van der Waals surface area contributed by atoms with Crippen LogP contribution >= 0.6 is 0 Å². The quantitative estimate of drug-likeness (QED) is 0.451. The van der Waals surface area contributed by atoms with Gasteiger partial charge < -0.3 is 9.73 Å². The Labute approximate surface area is 193 Å². The summed E-state index contributed by atoms with van der Waals surface area (Å²) in [7, 11) is 0. The molecule has 1 fully saturated rings. The van der Waals surface area contributed by atoms with Gasteiger partial charge in [0.2, 0.25) is 0 Å². The van der Waals surface area contributed by atoms with Crippen molar-refractivity contribution in [2.45, 2.75) is 45.8 Å². The van der Waals surface area contributed by atoms with Crippen molar-refractivity contribution in [3.63, 3.8) is 0 Å². The Bertz CT molecular complexity index is 1280. The van der Waals surface area contributed by atoms with E-state index in [4.69, 9.17) is 9.40 Å². The first-order chi connectivity index (χ1) is 16.1. The van der Waals surface area contributed by atoms with Crippen molar-refractivity contribution in [3.05, 3.63) is 94.8 Å². The maximum atomic E-state index is 13.1. The largest absolute Gasteiger partial charge is 0.459 e. The minimum atomic E-state index is -0.138. The van der Waals surface area contributed by atoms with Gasteiger partial charge in [0.1, 0.15) is 17.2 Å². The summed E-state index contributed by atoms with van der Waals surface area (Å²) in [5, 5.41) is 4.19. The van der Waals surface area contributed by atoms with Crippen LogP contribution in [-0.2, 0) is 13.1 Å². The summed E-state index contributed by atoms with van der Waals surface area (Å²) < 4.78 is 6.18. The summed E-state index contributed by atoms with van der Waals surface area (Å²) >= 11 is 0. The first-order valence-electron chi connectivity index (χ1n) is 11.5. The number of carbonyl (C=O) groups is 1. The zero-order valence-corrected chi connectivity index (χ0v) is 19.0. The molecule has 168 valence electrons. The van der Waals surface area contributed by atoms with E-state index in [9.17, 15) is 4.79 Å². The number of rotatable bonds is 6. The molecule has 1 aliphatic rings. The number of hydrogen-bond acceptors (Lipinski definition) is 5. The van der Waals surface area contributed by atoms with Crippen LogP contribution in [0.3, 0.4) is 0 Å². The van der Waals surface area contributed by atoms with E-state index in [1.807, 2.05) is 55.5 Å². The Morgan fingerprint density at radius 2 is 1.91 bits per heavy atom. The van der Waals surface area contributed by atoms with Gasteiger partial charge in [-0.3, -0.25) is 9.69 Å². The number of aromatic nitrogens is 2. The molecule has 2 aromatic carbocycles. The lowest BCUT2D eigenvalue weighted by Gasteiger charge is -2.25. The molecule has 2 aromatic heterocycles. The number of hydrogen-bond donors (Lipinski definition) is 1. The number of likely N-dealkylation sites (tertiary alicyclic amines) is 1. The number of amides is 1. The van der Waals surface area contributed by atoms with Gasteiger partial charge >= 0.3 is 0 Å². The molecule has 33 heavy (non-hydrogen) atoms. The van der Waals surface area contributed by atoms with Gasteiger partial charge in [0.25, 0.3) is 5.91 Å². The molecule has 0 bridgehead atoms. The van der Waals surface area contributed by atoms with E-state index < -0.39 is 0 Å². The molecular formula is C27H28N4O2. The number of furan rings is 1. The van der Waals surface area contributed by atoms with Crippen molar-refractivity contribution in [1.29, 1.82) is 0 Å². The van der Waals surface area contributed by atoms with Gasteiger partial charge in [-0.05, 0) is 50.4 Å². The highest BCUT2D eigenvalue weighted by atomic mass is 16.3. The molecule has 0 spiro atoms. The smallest absolute Gasteiger partial charge is 0.255 e. The van der Waals surface area contributed by atoms with Gasteiger partial charge in [-0.15, -0.1) is 0 Å². The van der Waals surface area contributed by atoms with Crippen LogP contribution in [0.1, 0.15) is 57.6 Å². The highest BCUT2D eigenvalue weighted by Gasteiger charge is 2.32. The van der Waals surface area contributed by atoms with Crippen molar-refractivity contribution < 1.29 is 9.21 Å². The fraction of sp³-hybridized carbons (Fsp3) is 0.296. The topological polar surface area (TPSA) is 71.3 Å². The number of fused-ring (bicyclic) bond motifs is 1. The lowest BCUT2D eigenvalue weighted by atomic mass is 10.0. The fourth-order valence-electron chi connectivity index (χ4n) is 4.68. The number of aryl methyl sites for hydroxylation is 2. The van der Waals surface area contributed by atoms with Crippen LogP contribution in [0.25, 0.3) is 11.0 Å². The van der Waals surface area contributed by atoms with Crippen LogP contribution in [0, 0.1) is 13.8 Å². The minimum absolute atomic E-state index is 0.0526. The van der Waals surface area contributed by atoms with Crippen LogP contribution in [0.15, 0.2) is 65.2 Å². The van der Waals surface area contributed by atoms with E-state index in [-0.39, 0.29) is 11.9 Å². The zero-order valence-electron chi connectivity index (χ0n) is 19.0. The van der Waals surface area contributed by atoms with E-state index in [2.05, 4.69) is 28.2 Å². The summed E-state index contributed by atoms with van der Waals surface area (Å²) in [6.07, 6.45) is 3.67. The molecule has 3 heterocycles. The molecule has 6 heteroatoms. The lowest BCUT2D eigenvalue weighted by Crippen LogP contribution is -2.29. The van der Waals surface area contributed by atoms with Crippen molar-refractivity contribution >= 4 is 16.9 Å². The van der Waals surface area contributed by atoms with Crippen molar-refractivity contribution in [2.75, 3.05) is 6.54 Å². The van der Waals surface area contributed by atoms with E-state index >= 15 is 0 Å². The molecule has 1 atom stereocenters. The first-order valence-corrected chi connectivity index (χ1v) is 11.5. The molecule has 1 unspecified atom stereocenters. The summed E-state index contributed by atoms with van der Waals surface area (Å²) in [4.78, 5) is 24.6. The van der Waals surface area contributed by atoms with Crippen LogP contribution in [-0.4, -0.2) is 27.3 Å². The molecule has 0 radical (unpaired) electrons. The summed E-state index contributed by atoms with van der Waals surface area (Å²) in [5.41, 5.74) is 4.51. The summed E-state index contributed by atoms with van der Waals surface area (Å²) in [5.74, 6) is 1.51. The first kappa shape index (κ1) is 21.3. The predicted octanol–water partition coefficient (Wildman–Crippen LogP) is 5.11. The molecule has 0 aliphatic carbocycles. The average Bonchev–Trinajstić information content (AvgIpc) is 3.43. The molecule has 0 saturated carbocycles. The molecule has 1 aliphatic heterocycles. The Morgan fingerprint density at radius 3 is 2.73 bits per heavy atom. The highest BCUT2D eigenvalue weighted by Crippen LogP contribution is 2.35. The molecule has 4 aromatic rings. The Kier molecular flexibility index (Phi) is 5.92. The highest BCUT2D eigenvalue weighted by molar-refractivity contribution is 5.95. The van der Waals surface area contributed by atoms with Crippen molar-refractivity contribution in [3.8, 4) is 0 Å². The molecular weight excluding hydrogens is 412 g/mol. The van der Waals surface area contributed by atoms with Gasteiger partial charge in [0.05, 0.1) is 23.8 Å². The molecule has 6 nitrogen and oxygen atoms in total. The van der Waals surface area contributed by atoms with Crippen LogP contribution < -0.4 is 5.32 Å². The van der Waals surface area contributed by atoms with E-state index in [1.54, 1.807) is 6.20 Å². The third-order valence-corrected chi connectivity index (χ3v) is 6.45. The second-order valence-electron chi connectivity index (χ2n) is 8.66. The number of nitrogens with one attached hydrogen (secondary N) is 1. The van der Waals surface area contributed by atoms with Crippen molar-refractivity contribution in [1.82, 2.24) is 20.2 Å². The third-order valence-electron chi connectivity index (χ3n) is 6.45. The van der Waals surface area contributed by atoms with Crippen molar-refractivity contribution in [2.24, 2.45) is 0 Å². The van der Waals surface area contributed by atoms with E-state index in [0.29, 0.717) is 24.5 Å². The SMILES string of the molecule is Cc1ncc(C(=O)NCc2ccccc2)c(C2CCCN2Cc2oc3ccccc3c2C)n1. The van der Waals surface area contributed by atoms with Crippen LogP contribution in [0.4, 0.5) is 0 Å². The van der Waals surface area contributed by atoms with E-state index in [1.165, 1.54) is 5.56 Å². The monoisotopic (exact) mass is 440 g/mol. The molecule has 5 rings (SSSR count). The van der Waals surface area contributed by atoms with Gasteiger partial charge in [-0.1, -0.05) is 48.5 Å². The second kappa shape index (κ2) is 9.16. The Hall–Kier alpha value is -3.51. The van der Waals surface area contributed by atoms with E-state index in [0.717, 1.165) is 47.4 Å². The maximum absolute atomic E-state index is 13.1. The van der Waals surface area contributed by atoms with Gasteiger partial charge in [-0.25, -0.2) is 9.97 Å². The number of para-hydroxylation sites is 1. The number of carbonyl (C=O) groups excluding carboxylic acids is 1.